The van der Waals surface area contributed by atoms with E-state index in [9.17, 15) is 4.39 Å². The molecule has 1 aromatic rings. The van der Waals surface area contributed by atoms with Gasteiger partial charge in [-0.25, -0.2) is 4.39 Å². The van der Waals surface area contributed by atoms with Crippen molar-refractivity contribution in [3.8, 4) is 0 Å². The second kappa shape index (κ2) is 5.00. The minimum absolute atomic E-state index is 0.168. The molecule has 0 heterocycles. The molecule has 0 bridgehead atoms. The van der Waals surface area contributed by atoms with Gasteiger partial charge in [0, 0.05) is 16.6 Å². The summed E-state index contributed by atoms with van der Waals surface area (Å²) in [4.78, 5) is 0.874. The van der Waals surface area contributed by atoms with Gasteiger partial charge in [-0.2, -0.15) is 0 Å². The highest BCUT2D eigenvalue weighted by atomic mass is 32.2. The van der Waals surface area contributed by atoms with Crippen LogP contribution >= 0.6 is 11.8 Å². The summed E-state index contributed by atoms with van der Waals surface area (Å²) in [7, 11) is 0. The molecule has 2 nitrogen and oxygen atoms in total. The molecular weight excluding hydrogens is 199 g/mol. The van der Waals surface area contributed by atoms with Crippen LogP contribution in [0, 0.1) is 11.2 Å². The fourth-order valence-corrected chi connectivity index (χ4v) is 2.19. The predicted molar refractivity (Wildman–Crippen MR) is 58.3 cm³/mol. The summed E-state index contributed by atoms with van der Waals surface area (Å²) in [6.45, 7) is 1.97. The Kier molecular flexibility index (Phi) is 3.95. The van der Waals surface area contributed by atoms with E-state index in [1.807, 2.05) is 13.0 Å². The Morgan fingerprint density at radius 1 is 1.64 bits per heavy atom. The number of thioether (sulfide) groups is 1. The Bertz CT molecular complexity index is 328. The van der Waals surface area contributed by atoms with Crippen LogP contribution in [-0.4, -0.2) is 11.1 Å². The van der Waals surface area contributed by atoms with Crippen molar-refractivity contribution in [3.63, 3.8) is 0 Å². The van der Waals surface area contributed by atoms with E-state index in [4.69, 9.17) is 11.1 Å². The van der Waals surface area contributed by atoms with Crippen molar-refractivity contribution in [2.75, 3.05) is 0 Å². The van der Waals surface area contributed by atoms with Gasteiger partial charge in [-0.05, 0) is 18.2 Å². The molecule has 0 saturated heterocycles. The van der Waals surface area contributed by atoms with Crippen LogP contribution in [-0.2, 0) is 0 Å². The first kappa shape index (κ1) is 11.0. The third-order valence-electron chi connectivity index (χ3n) is 1.64. The largest absolute Gasteiger partial charge is 0.388 e. The van der Waals surface area contributed by atoms with E-state index in [1.165, 1.54) is 23.9 Å². The zero-order chi connectivity index (χ0) is 10.6. The summed E-state index contributed by atoms with van der Waals surface area (Å²) in [5.41, 5.74) is 5.27. The SMILES string of the molecule is CC(CC(=N)N)Sc1cccc(F)c1. The third-order valence-corrected chi connectivity index (χ3v) is 2.74. The number of amidine groups is 1. The van der Waals surface area contributed by atoms with Crippen LogP contribution in [0.1, 0.15) is 13.3 Å². The van der Waals surface area contributed by atoms with E-state index in [-0.39, 0.29) is 16.9 Å². The van der Waals surface area contributed by atoms with Crippen molar-refractivity contribution < 1.29 is 4.39 Å². The Balaban J connectivity index is 2.55. The van der Waals surface area contributed by atoms with Crippen LogP contribution in [0.3, 0.4) is 0 Å². The second-order valence-electron chi connectivity index (χ2n) is 3.12. The summed E-state index contributed by atoms with van der Waals surface area (Å²) in [6, 6.07) is 6.43. The normalized spacial score (nSPS) is 12.4. The highest BCUT2D eigenvalue weighted by Crippen LogP contribution is 2.25. The van der Waals surface area contributed by atoms with Gasteiger partial charge < -0.3 is 5.73 Å². The molecule has 1 atom stereocenters. The van der Waals surface area contributed by atoms with Gasteiger partial charge in [-0.3, -0.25) is 5.41 Å². The molecule has 0 spiro atoms. The van der Waals surface area contributed by atoms with E-state index >= 15 is 0 Å². The van der Waals surface area contributed by atoms with E-state index < -0.39 is 0 Å². The van der Waals surface area contributed by atoms with E-state index in [2.05, 4.69) is 0 Å². The number of nitrogens with two attached hydrogens (primary N) is 1. The van der Waals surface area contributed by atoms with Crippen LogP contribution < -0.4 is 5.73 Å². The fourth-order valence-electron chi connectivity index (χ4n) is 1.12. The molecule has 0 fully saturated rings. The van der Waals surface area contributed by atoms with Crippen molar-refractivity contribution in [3.05, 3.63) is 30.1 Å². The molecule has 14 heavy (non-hydrogen) atoms. The number of nitrogens with one attached hydrogen (secondary N) is 1. The summed E-state index contributed by atoms with van der Waals surface area (Å²) in [6.07, 6.45) is 0.529. The van der Waals surface area contributed by atoms with Crippen LogP contribution in [0.25, 0.3) is 0 Å². The minimum Gasteiger partial charge on any atom is -0.388 e. The molecule has 3 N–H and O–H groups in total. The van der Waals surface area contributed by atoms with Gasteiger partial charge >= 0.3 is 0 Å². The van der Waals surface area contributed by atoms with Gasteiger partial charge in [0.2, 0.25) is 0 Å². The smallest absolute Gasteiger partial charge is 0.124 e. The van der Waals surface area contributed by atoms with E-state index in [0.717, 1.165) is 4.90 Å². The first-order valence-corrected chi connectivity index (χ1v) is 5.21. The molecule has 0 amide bonds. The van der Waals surface area contributed by atoms with Crippen LogP contribution in [0.2, 0.25) is 0 Å². The molecule has 0 radical (unpaired) electrons. The molecular formula is C10H13FN2S. The highest BCUT2D eigenvalue weighted by Gasteiger charge is 2.06. The lowest BCUT2D eigenvalue weighted by Gasteiger charge is -2.09. The quantitative estimate of drug-likeness (QED) is 0.458. The van der Waals surface area contributed by atoms with Crippen molar-refractivity contribution in [2.45, 2.75) is 23.5 Å². The summed E-state index contributed by atoms with van der Waals surface area (Å²) < 4.78 is 12.8. The lowest BCUT2D eigenvalue weighted by molar-refractivity contribution is 0.624. The molecule has 4 heteroatoms. The Morgan fingerprint density at radius 2 is 2.36 bits per heavy atom. The first-order valence-electron chi connectivity index (χ1n) is 4.33. The average Bonchev–Trinajstić information content (AvgIpc) is 2.01. The molecule has 0 aliphatic heterocycles. The van der Waals surface area contributed by atoms with Gasteiger partial charge in [-0.1, -0.05) is 13.0 Å². The van der Waals surface area contributed by atoms with E-state index in [0.29, 0.717) is 6.42 Å². The second-order valence-corrected chi connectivity index (χ2v) is 4.63. The zero-order valence-electron chi connectivity index (χ0n) is 7.96. The minimum atomic E-state index is -0.231. The molecule has 0 aliphatic carbocycles. The van der Waals surface area contributed by atoms with Gasteiger partial charge in [0.25, 0.3) is 0 Å². The Hall–Kier alpha value is -1.03. The molecule has 1 rings (SSSR count). The zero-order valence-corrected chi connectivity index (χ0v) is 8.77. The molecule has 0 aliphatic rings. The van der Waals surface area contributed by atoms with Gasteiger partial charge in [-0.15, -0.1) is 11.8 Å². The number of rotatable bonds is 4. The topological polar surface area (TPSA) is 49.9 Å². The maximum absolute atomic E-state index is 12.8. The summed E-state index contributed by atoms with van der Waals surface area (Å²) >= 11 is 1.53. The maximum atomic E-state index is 12.8. The van der Waals surface area contributed by atoms with E-state index in [1.54, 1.807) is 6.07 Å². The van der Waals surface area contributed by atoms with Crippen molar-refractivity contribution >= 4 is 17.6 Å². The molecule has 0 aromatic heterocycles. The van der Waals surface area contributed by atoms with Gasteiger partial charge in [0.1, 0.15) is 5.82 Å². The number of hydrogen-bond acceptors (Lipinski definition) is 2. The van der Waals surface area contributed by atoms with Gasteiger partial charge in [0.05, 0.1) is 5.84 Å². The lowest BCUT2D eigenvalue weighted by Crippen LogP contribution is -2.14. The molecule has 76 valence electrons. The Morgan fingerprint density at radius 3 is 2.93 bits per heavy atom. The number of hydrogen-bond donors (Lipinski definition) is 2. The van der Waals surface area contributed by atoms with Crippen molar-refractivity contribution in [1.29, 1.82) is 5.41 Å². The summed E-state index contributed by atoms with van der Waals surface area (Å²) in [5, 5.41) is 7.33. The Labute approximate surface area is 87.2 Å². The number of benzene rings is 1. The average molecular weight is 212 g/mol. The molecule has 1 unspecified atom stereocenters. The monoisotopic (exact) mass is 212 g/mol. The molecule has 0 saturated carbocycles. The van der Waals surface area contributed by atoms with Crippen molar-refractivity contribution in [2.24, 2.45) is 5.73 Å². The first-order chi connectivity index (χ1) is 6.58. The van der Waals surface area contributed by atoms with Crippen LogP contribution in [0.15, 0.2) is 29.2 Å². The lowest BCUT2D eigenvalue weighted by atomic mass is 10.3. The highest BCUT2D eigenvalue weighted by molar-refractivity contribution is 8.00. The summed E-state index contributed by atoms with van der Waals surface area (Å²) in [5.74, 6) is -0.0635. The predicted octanol–water partition coefficient (Wildman–Crippen LogP) is 2.63. The van der Waals surface area contributed by atoms with Crippen molar-refractivity contribution in [1.82, 2.24) is 0 Å². The van der Waals surface area contributed by atoms with Crippen LogP contribution in [0.4, 0.5) is 4.39 Å². The third kappa shape index (κ3) is 3.79. The standard InChI is InChI=1S/C10H13FN2S/c1-7(5-10(12)13)14-9-4-2-3-8(11)6-9/h2-4,6-7H,5H2,1H3,(H3,12,13). The maximum Gasteiger partial charge on any atom is 0.124 e. The van der Waals surface area contributed by atoms with Gasteiger partial charge in [0.15, 0.2) is 0 Å². The fraction of sp³-hybridized carbons (Fsp3) is 0.300. The van der Waals surface area contributed by atoms with Crippen LogP contribution in [0.5, 0.6) is 0 Å². The molecule has 1 aromatic carbocycles. The number of halogens is 1.